The molecule has 1 aliphatic rings. The number of nitrogens with one attached hydrogen (secondary N) is 1. The van der Waals surface area contributed by atoms with E-state index >= 15 is 0 Å². The van der Waals surface area contributed by atoms with E-state index in [4.69, 9.17) is 5.11 Å². The number of hydrogen-bond acceptors (Lipinski definition) is 3. The fourth-order valence-corrected chi connectivity index (χ4v) is 3.27. The molecule has 1 fully saturated rings. The molecular formula is C13H16N2O3S. The quantitative estimate of drug-likeness (QED) is 0.804. The number of para-hydroxylation sites is 1. The predicted octanol–water partition coefficient (Wildman–Crippen LogP) is 0.783. The predicted molar refractivity (Wildman–Crippen MR) is 73.8 cm³/mol. The van der Waals surface area contributed by atoms with Gasteiger partial charge in [0, 0.05) is 18.7 Å². The van der Waals surface area contributed by atoms with E-state index in [9.17, 15) is 8.42 Å². The fourth-order valence-electron chi connectivity index (χ4n) is 1.95. The Morgan fingerprint density at radius 2 is 1.95 bits per heavy atom. The van der Waals surface area contributed by atoms with Gasteiger partial charge in [0.15, 0.2) is 0 Å². The first kappa shape index (κ1) is 13.9. The summed E-state index contributed by atoms with van der Waals surface area (Å²) in [6, 6.07) is 6.89. The maximum atomic E-state index is 12.1. The molecule has 0 saturated carbocycles. The summed E-state index contributed by atoms with van der Waals surface area (Å²) in [4.78, 5) is 0. The van der Waals surface area contributed by atoms with Gasteiger partial charge in [0.2, 0.25) is 0 Å². The van der Waals surface area contributed by atoms with E-state index in [1.165, 1.54) is 4.31 Å². The molecule has 2 rings (SSSR count). The average Bonchev–Trinajstić information content (AvgIpc) is 2.92. The topological polar surface area (TPSA) is 69.6 Å². The Kier molecular flexibility index (Phi) is 4.43. The van der Waals surface area contributed by atoms with Crippen LogP contribution in [0.2, 0.25) is 0 Å². The molecule has 102 valence electrons. The fraction of sp³-hybridized carbons (Fsp3) is 0.385. The highest BCUT2D eigenvalue weighted by Gasteiger charge is 2.25. The second kappa shape index (κ2) is 6.06. The van der Waals surface area contributed by atoms with Crippen LogP contribution in [-0.4, -0.2) is 37.5 Å². The molecular weight excluding hydrogens is 264 g/mol. The minimum atomic E-state index is -3.51. The Hall–Kier alpha value is -1.55. The number of hydrogen-bond donors (Lipinski definition) is 2. The van der Waals surface area contributed by atoms with Crippen LogP contribution in [-0.2, 0) is 10.2 Å². The van der Waals surface area contributed by atoms with Crippen molar-refractivity contribution in [1.29, 1.82) is 0 Å². The highest BCUT2D eigenvalue weighted by atomic mass is 32.2. The maximum Gasteiger partial charge on any atom is 0.301 e. The third-order valence-corrected chi connectivity index (χ3v) is 4.40. The van der Waals surface area contributed by atoms with Crippen molar-refractivity contribution in [2.75, 3.05) is 24.4 Å². The molecule has 19 heavy (non-hydrogen) atoms. The first-order valence-corrected chi connectivity index (χ1v) is 7.54. The summed E-state index contributed by atoms with van der Waals surface area (Å²) >= 11 is 0. The summed E-state index contributed by atoms with van der Waals surface area (Å²) in [6.07, 6.45) is 1.79. The van der Waals surface area contributed by atoms with Crippen molar-refractivity contribution in [3.05, 3.63) is 29.8 Å². The van der Waals surface area contributed by atoms with Gasteiger partial charge in [0.1, 0.15) is 6.61 Å². The lowest BCUT2D eigenvalue weighted by Crippen LogP contribution is -2.33. The van der Waals surface area contributed by atoms with Gasteiger partial charge in [-0.3, -0.25) is 4.72 Å². The van der Waals surface area contributed by atoms with Crippen LogP contribution in [0.4, 0.5) is 5.69 Å². The molecule has 1 aromatic carbocycles. The Morgan fingerprint density at radius 3 is 2.63 bits per heavy atom. The van der Waals surface area contributed by atoms with E-state index in [2.05, 4.69) is 16.6 Å². The number of nitrogens with zero attached hydrogens (tertiary/aromatic N) is 1. The number of aliphatic hydroxyl groups is 1. The van der Waals surface area contributed by atoms with Crippen LogP contribution in [0.1, 0.15) is 18.4 Å². The molecule has 2 N–H and O–H groups in total. The van der Waals surface area contributed by atoms with Crippen molar-refractivity contribution in [2.24, 2.45) is 0 Å². The maximum absolute atomic E-state index is 12.1. The van der Waals surface area contributed by atoms with Crippen molar-refractivity contribution in [3.63, 3.8) is 0 Å². The molecule has 0 atom stereocenters. The van der Waals surface area contributed by atoms with Gasteiger partial charge < -0.3 is 5.11 Å². The number of rotatable bonds is 3. The molecule has 1 aliphatic heterocycles. The molecule has 0 unspecified atom stereocenters. The van der Waals surface area contributed by atoms with E-state index in [1.807, 2.05) is 0 Å². The van der Waals surface area contributed by atoms with Crippen molar-refractivity contribution < 1.29 is 13.5 Å². The van der Waals surface area contributed by atoms with Gasteiger partial charge in [-0.1, -0.05) is 24.0 Å². The second-order valence-corrected chi connectivity index (χ2v) is 5.89. The first-order chi connectivity index (χ1) is 9.13. The Balaban J connectivity index is 2.23. The summed E-state index contributed by atoms with van der Waals surface area (Å²) in [5.41, 5.74) is 0.995. The van der Waals surface area contributed by atoms with Gasteiger partial charge in [-0.2, -0.15) is 12.7 Å². The van der Waals surface area contributed by atoms with Crippen LogP contribution in [0.5, 0.6) is 0 Å². The highest BCUT2D eigenvalue weighted by molar-refractivity contribution is 7.90. The minimum Gasteiger partial charge on any atom is -0.384 e. The third kappa shape index (κ3) is 3.47. The van der Waals surface area contributed by atoms with Crippen molar-refractivity contribution >= 4 is 15.9 Å². The lowest BCUT2D eigenvalue weighted by atomic mass is 10.2. The smallest absolute Gasteiger partial charge is 0.301 e. The molecule has 6 heteroatoms. The largest absolute Gasteiger partial charge is 0.384 e. The monoisotopic (exact) mass is 280 g/mol. The molecule has 0 bridgehead atoms. The zero-order valence-electron chi connectivity index (χ0n) is 10.5. The zero-order valence-corrected chi connectivity index (χ0v) is 11.3. The van der Waals surface area contributed by atoms with Crippen LogP contribution in [0.3, 0.4) is 0 Å². The van der Waals surface area contributed by atoms with E-state index in [0.717, 1.165) is 12.8 Å². The van der Waals surface area contributed by atoms with Crippen molar-refractivity contribution in [1.82, 2.24) is 4.31 Å². The van der Waals surface area contributed by atoms with Crippen molar-refractivity contribution in [3.8, 4) is 11.8 Å². The van der Waals surface area contributed by atoms with Crippen LogP contribution in [0.15, 0.2) is 24.3 Å². The van der Waals surface area contributed by atoms with E-state index in [0.29, 0.717) is 24.3 Å². The van der Waals surface area contributed by atoms with Gasteiger partial charge in [0.25, 0.3) is 0 Å². The lowest BCUT2D eigenvalue weighted by molar-refractivity contribution is 0.350. The van der Waals surface area contributed by atoms with Crippen molar-refractivity contribution in [2.45, 2.75) is 12.8 Å². The van der Waals surface area contributed by atoms with Gasteiger partial charge in [-0.05, 0) is 25.0 Å². The second-order valence-electron chi connectivity index (χ2n) is 4.22. The molecule has 1 saturated heterocycles. The van der Waals surface area contributed by atoms with Gasteiger partial charge in [-0.15, -0.1) is 0 Å². The summed E-state index contributed by atoms with van der Waals surface area (Å²) in [6.45, 7) is 0.854. The minimum absolute atomic E-state index is 0.257. The van der Waals surface area contributed by atoms with Crippen LogP contribution < -0.4 is 4.72 Å². The SMILES string of the molecule is O=S(=O)(Nc1ccccc1C#CCO)N1CCCC1. The molecule has 0 aromatic heterocycles. The van der Waals surface area contributed by atoms with E-state index in [1.54, 1.807) is 24.3 Å². The standard InChI is InChI=1S/C13H16N2O3S/c16-11-5-7-12-6-1-2-8-13(12)14-19(17,18)15-9-3-4-10-15/h1-2,6,8,14,16H,3-4,9-11H2. The zero-order chi connectivity index (χ0) is 13.7. The Morgan fingerprint density at radius 1 is 1.26 bits per heavy atom. The molecule has 0 spiro atoms. The first-order valence-electron chi connectivity index (χ1n) is 6.10. The summed E-state index contributed by atoms with van der Waals surface area (Å²) in [7, 11) is -3.51. The van der Waals surface area contributed by atoms with Crippen LogP contribution in [0.25, 0.3) is 0 Å². The van der Waals surface area contributed by atoms with Crippen LogP contribution in [0, 0.1) is 11.8 Å². The molecule has 0 amide bonds. The lowest BCUT2D eigenvalue weighted by Gasteiger charge is -2.17. The number of aliphatic hydroxyl groups excluding tert-OH is 1. The molecule has 5 nitrogen and oxygen atoms in total. The number of anilines is 1. The van der Waals surface area contributed by atoms with E-state index in [-0.39, 0.29) is 6.61 Å². The van der Waals surface area contributed by atoms with Gasteiger partial charge >= 0.3 is 10.2 Å². The summed E-state index contributed by atoms with van der Waals surface area (Å²) in [5, 5.41) is 8.70. The van der Waals surface area contributed by atoms with Gasteiger partial charge in [0.05, 0.1) is 5.69 Å². The molecule has 0 aliphatic carbocycles. The highest BCUT2D eigenvalue weighted by Crippen LogP contribution is 2.19. The Bertz CT molecular complexity index is 596. The average molecular weight is 280 g/mol. The summed E-state index contributed by atoms with van der Waals surface area (Å²) < 4.78 is 28.3. The normalized spacial score (nSPS) is 15.8. The van der Waals surface area contributed by atoms with E-state index < -0.39 is 10.2 Å². The molecule has 0 radical (unpaired) electrons. The Labute approximate surface area is 113 Å². The summed E-state index contributed by atoms with van der Waals surface area (Å²) in [5.74, 6) is 5.25. The van der Waals surface area contributed by atoms with Crippen LogP contribution >= 0.6 is 0 Å². The number of benzene rings is 1. The molecule has 1 aromatic rings. The molecule has 1 heterocycles. The van der Waals surface area contributed by atoms with Gasteiger partial charge in [-0.25, -0.2) is 0 Å². The third-order valence-electron chi connectivity index (χ3n) is 2.87.